The Bertz CT molecular complexity index is 614. The zero-order valence-corrected chi connectivity index (χ0v) is 12.5. The first kappa shape index (κ1) is 14.9. The predicted octanol–water partition coefficient (Wildman–Crippen LogP) is 1.81. The SMILES string of the molecule is OCCCc1cncc(-c2cncc(OCC3CCN3)c2)c1. The number of pyridine rings is 2. The van der Waals surface area contributed by atoms with E-state index in [1.807, 2.05) is 24.7 Å². The van der Waals surface area contributed by atoms with Crippen molar-refractivity contribution in [2.45, 2.75) is 25.3 Å². The second-order valence-electron chi connectivity index (χ2n) is 5.57. The molecule has 0 aliphatic carbocycles. The van der Waals surface area contributed by atoms with Gasteiger partial charge in [-0.25, -0.2) is 0 Å². The molecule has 0 bridgehead atoms. The maximum Gasteiger partial charge on any atom is 0.138 e. The highest BCUT2D eigenvalue weighted by Gasteiger charge is 2.16. The van der Waals surface area contributed by atoms with E-state index in [2.05, 4.69) is 21.4 Å². The second-order valence-corrected chi connectivity index (χ2v) is 5.57. The Hall–Kier alpha value is -1.98. The van der Waals surface area contributed by atoms with Gasteiger partial charge in [0.05, 0.1) is 6.20 Å². The quantitative estimate of drug-likeness (QED) is 0.816. The molecule has 0 aromatic carbocycles. The monoisotopic (exact) mass is 299 g/mol. The molecule has 22 heavy (non-hydrogen) atoms. The number of hydrogen-bond donors (Lipinski definition) is 2. The Morgan fingerprint density at radius 3 is 2.64 bits per heavy atom. The van der Waals surface area contributed by atoms with Gasteiger partial charge in [-0.15, -0.1) is 0 Å². The van der Waals surface area contributed by atoms with E-state index in [0.717, 1.165) is 41.8 Å². The van der Waals surface area contributed by atoms with Crippen molar-refractivity contribution in [3.05, 3.63) is 42.5 Å². The number of aryl methyl sites for hydroxylation is 1. The molecule has 0 saturated carbocycles. The van der Waals surface area contributed by atoms with Crippen LogP contribution in [0.15, 0.2) is 36.9 Å². The van der Waals surface area contributed by atoms with Gasteiger partial charge in [-0.1, -0.05) is 0 Å². The third-order valence-electron chi connectivity index (χ3n) is 3.84. The molecular weight excluding hydrogens is 278 g/mol. The van der Waals surface area contributed by atoms with E-state index < -0.39 is 0 Å². The molecule has 1 fully saturated rings. The Morgan fingerprint density at radius 2 is 1.91 bits per heavy atom. The summed E-state index contributed by atoms with van der Waals surface area (Å²) in [5, 5.41) is 12.2. The molecule has 116 valence electrons. The summed E-state index contributed by atoms with van der Waals surface area (Å²) in [6.07, 6.45) is 9.98. The molecule has 1 saturated heterocycles. The van der Waals surface area contributed by atoms with Crippen LogP contribution >= 0.6 is 0 Å². The largest absolute Gasteiger partial charge is 0.490 e. The number of aliphatic hydroxyl groups is 1. The summed E-state index contributed by atoms with van der Waals surface area (Å²) in [4.78, 5) is 8.54. The van der Waals surface area contributed by atoms with E-state index in [4.69, 9.17) is 9.84 Å². The molecule has 1 atom stereocenters. The number of rotatable bonds is 7. The summed E-state index contributed by atoms with van der Waals surface area (Å²) in [5.74, 6) is 0.784. The fourth-order valence-electron chi connectivity index (χ4n) is 2.41. The number of ether oxygens (including phenoxy) is 1. The van der Waals surface area contributed by atoms with E-state index in [-0.39, 0.29) is 6.61 Å². The van der Waals surface area contributed by atoms with Gasteiger partial charge in [0.1, 0.15) is 12.4 Å². The van der Waals surface area contributed by atoms with Gasteiger partial charge in [-0.05, 0) is 43.5 Å². The highest BCUT2D eigenvalue weighted by molar-refractivity contribution is 5.63. The molecule has 3 heterocycles. The van der Waals surface area contributed by atoms with E-state index in [1.54, 1.807) is 6.20 Å². The van der Waals surface area contributed by atoms with E-state index in [1.165, 1.54) is 6.42 Å². The van der Waals surface area contributed by atoms with Gasteiger partial charge in [0.25, 0.3) is 0 Å². The molecule has 0 spiro atoms. The predicted molar refractivity (Wildman–Crippen MR) is 84.8 cm³/mol. The van der Waals surface area contributed by atoms with Crippen LogP contribution in [-0.4, -0.2) is 40.9 Å². The lowest BCUT2D eigenvalue weighted by Gasteiger charge is -2.27. The molecule has 5 nitrogen and oxygen atoms in total. The van der Waals surface area contributed by atoms with Crippen molar-refractivity contribution in [1.29, 1.82) is 0 Å². The minimum atomic E-state index is 0.199. The summed E-state index contributed by atoms with van der Waals surface area (Å²) in [6.45, 7) is 1.96. The lowest BCUT2D eigenvalue weighted by atomic mass is 10.1. The fraction of sp³-hybridized carbons (Fsp3) is 0.412. The summed E-state index contributed by atoms with van der Waals surface area (Å²) in [7, 11) is 0. The smallest absolute Gasteiger partial charge is 0.138 e. The lowest BCUT2D eigenvalue weighted by molar-refractivity contribution is 0.217. The lowest BCUT2D eigenvalue weighted by Crippen LogP contribution is -2.46. The molecule has 2 N–H and O–H groups in total. The second kappa shape index (κ2) is 7.33. The number of nitrogens with one attached hydrogen (secondary N) is 1. The summed E-state index contributed by atoms with van der Waals surface area (Å²) in [6, 6.07) is 4.56. The van der Waals surface area contributed by atoms with Gasteiger partial charge < -0.3 is 15.2 Å². The molecule has 1 unspecified atom stereocenters. The van der Waals surface area contributed by atoms with Crippen LogP contribution < -0.4 is 10.1 Å². The number of aromatic nitrogens is 2. The van der Waals surface area contributed by atoms with Crippen molar-refractivity contribution < 1.29 is 9.84 Å². The minimum Gasteiger partial charge on any atom is -0.490 e. The molecule has 5 heteroatoms. The van der Waals surface area contributed by atoms with Crippen LogP contribution in [-0.2, 0) is 6.42 Å². The fourth-order valence-corrected chi connectivity index (χ4v) is 2.41. The van der Waals surface area contributed by atoms with Crippen LogP contribution in [0.5, 0.6) is 5.75 Å². The van der Waals surface area contributed by atoms with Gasteiger partial charge in [0.15, 0.2) is 0 Å². The number of aliphatic hydroxyl groups excluding tert-OH is 1. The van der Waals surface area contributed by atoms with Gasteiger partial charge in [-0.2, -0.15) is 0 Å². The molecule has 2 aromatic heterocycles. The highest BCUT2D eigenvalue weighted by Crippen LogP contribution is 2.23. The van der Waals surface area contributed by atoms with Crippen molar-refractivity contribution in [2.75, 3.05) is 19.8 Å². The van der Waals surface area contributed by atoms with Crippen LogP contribution in [0.25, 0.3) is 11.1 Å². The Kier molecular flexibility index (Phi) is 4.98. The Labute approximate surface area is 130 Å². The Morgan fingerprint density at radius 1 is 1.14 bits per heavy atom. The van der Waals surface area contributed by atoms with Crippen LogP contribution in [0.4, 0.5) is 0 Å². The van der Waals surface area contributed by atoms with Crippen LogP contribution in [0.2, 0.25) is 0 Å². The molecule has 1 aliphatic rings. The molecule has 0 amide bonds. The molecule has 1 aliphatic heterocycles. The zero-order valence-electron chi connectivity index (χ0n) is 12.5. The van der Waals surface area contributed by atoms with E-state index in [9.17, 15) is 0 Å². The van der Waals surface area contributed by atoms with Crippen LogP contribution in [0, 0.1) is 0 Å². The van der Waals surface area contributed by atoms with Crippen molar-refractivity contribution in [3.63, 3.8) is 0 Å². The standard InChI is InChI=1S/C17H21N3O2/c21-5-1-2-13-6-14(9-18-8-13)15-7-17(11-19-10-15)22-12-16-3-4-20-16/h6-11,16,20-21H,1-5,12H2. The first-order valence-electron chi connectivity index (χ1n) is 7.71. The first-order valence-corrected chi connectivity index (χ1v) is 7.71. The summed E-state index contributed by atoms with van der Waals surface area (Å²) >= 11 is 0. The van der Waals surface area contributed by atoms with Gasteiger partial charge in [0.2, 0.25) is 0 Å². The molecule has 3 rings (SSSR count). The van der Waals surface area contributed by atoms with Crippen molar-refractivity contribution in [1.82, 2.24) is 15.3 Å². The maximum absolute atomic E-state index is 8.93. The van der Waals surface area contributed by atoms with Crippen LogP contribution in [0.1, 0.15) is 18.4 Å². The molecular formula is C17H21N3O2. The topological polar surface area (TPSA) is 67.3 Å². The number of hydrogen-bond acceptors (Lipinski definition) is 5. The zero-order chi connectivity index (χ0) is 15.2. The number of nitrogens with zero attached hydrogens (tertiary/aromatic N) is 2. The Balaban J connectivity index is 1.70. The van der Waals surface area contributed by atoms with Gasteiger partial charge in [-0.3, -0.25) is 9.97 Å². The summed E-state index contributed by atoms with van der Waals surface area (Å²) < 4.78 is 5.79. The van der Waals surface area contributed by atoms with Gasteiger partial charge >= 0.3 is 0 Å². The minimum absolute atomic E-state index is 0.199. The normalized spacial score (nSPS) is 17.0. The first-order chi connectivity index (χ1) is 10.8. The van der Waals surface area contributed by atoms with Crippen molar-refractivity contribution in [3.8, 4) is 16.9 Å². The van der Waals surface area contributed by atoms with Crippen molar-refractivity contribution >= 4 is 0 Å². The van der Waals surface area contributed by atoms with Crippen LogP contribution in [0.3, 0.4) is 0 Å². The van der Waals surface area contributed by atoms with E-state index >= 15 is 0 Å². The molecule has 0 radical (unpaired) electrons. The van der Waals surface area contributed by atoms with Crippen molar-refractivity contribution in [2.24, 2.45) is 0 Å². The average molecular weight is 299 g/mol. The summed E-state index contributed by atoms with van der Waals surface area (Å²) in [5.41, 5.74) is 3.14. The van der Waals surface area contributed by atoms with Gasteiger partial charge in [0, 0.05) is 42.4 Å². The highest BCUT2D eigenvalue weighted by atomic mass is 16.5. The third-order valence-corrected chi connectivity index (χ3v) is 3.84. The average Bonchev–Trinajstić information content (AvgIpc) is 2.52. The maximum atomic E-state index is 8.93. The third kappa shape index (κ3) is 3.81. The van der Waals surface area contributed by atoms with E-state index in [0.29, 0.717) is 12.6 Å². The molecule has 2 aromatic rings.